The number of nitrogens with zero attached hydrogens (tertiary/aromatic N) is 8. The monoisotopic (exact) mass is 414 g/mol. The highest BCUT2D eigenvalue weighted by Gasteiger charge is 2.33. The first-order valence-electron chi connectivity index (χ1n) is 8.40. The molecule has 0 saturated carbocycles. The van der Waals surface area contributed by atoms with Crippen LogP contribution in [0.5, 0.6) is 0 Å². The fourth-order valence-electron chi connectivity index (χ4n) is 3.29. The molecule has 31 heavy (non-hydrogen) atoms. The molecule has 0 N–H and O–H groups in total. The van der Waals surface area contributed by atoms with Crippen molar-refractivity contribution in [3.05, 3.63) is 46.0 Å². The van der Waals surface area contributed by atoms with Crippen LogP contribution in [-0.4, -0.2) is 19.9 Å². The third-order valence-electron chi connectivity index (χ3n) is 4.62. The topological polar surface area (TPSA) is 147 Å². The lowest BCUT2D eigenvalue weighted by Crippen LogP contribution is -2.08. The number of fused-ring (bicyclic) bond motifs is 6. The van der Waals surface area contributed by atoms with E-state index in [1.807, 2.05) is 0 Å². The maximum Gasteiger partial charge on any atom is 0.416 e. The molecule has 146 valence electrons. The minimum Gasteiger partial charge on any atom is -0.232 e. The molecule has 0 aliphatic carbocycles. The molecule has 0 saturated heterocycles. The van der Waals surface area contributed by atoms with Crippen molar-refractivity contribution < 1.29 is 13.2 Å². The lowest BCUT2D eigenvalue weighted by atomic mass is 9.98. The van der Waals surface area contributed by atoms with Crippen LogP contribution in [0.1, 0.15) is 33.9 Å². The van der Waals surface area contributed by atoms with Crippen molar-refractivity contribution in [1.29, 1.82) is 21.0 Å². The molecule has 0 fully saturated rings. The number of hydrogen-bond acceptors (Lipinski definition) is 8. The van der Waals surface area contributed by atoms with E-state index in [1.54, 1.807) is 24.3 Å². The molecule has 11 heteroatoms. The minimum absolute atomic E-state index is 0.0225. The maximum atomic E-state index is 13.5. The fourth-order valence-corrected chi connectivity index (χ4v) is 3.29. The number of benzene rings is 2. The average molecular weight is 414 g/mol. The van der Waals surface area contributed by atoms with E-state index in [2.05, 4.69) is 19.9 Å². The molecule has 0 bridgehead atoms. The van der Waals surface area contributed by atoms with Crippen molar-refractivity contribution in [3.63, 3.8) is 0 Å². The number of halogens is 3. The number of alkyl halides is 3. The zero-order valence-corrected chi connectivity index (χ0v) is 15.4. The van der Waals surface area contributed by atoms with Gasteiger partial charge in [0.1, 0.15) is 46.3 Å². The fraction of sp³-hybridized carbons (Fsp3) is 0.100. The lowest BCUT2D eigenvalue weighted by molar-refractivity contribution is -0.137. The molecule has 0 spiro atoms. The first kappa shape index (κ1) is 19.4. The van der Waals surface area contributed by atoms with Gasteiger partial charge in [0, 0.05) is 10.8 Å². The van der Waals surface area contributed by atoms with Crippen molar-refractivity contribution in [2.24, 2.45) is 0 Å². The van der Waals surface area contributed by atoms with E-state index in [-0.39, 0.29) is 61.2 Å². The zero-order valence-electron chi connectivity index (χ0n) is 15.4. The van der Waals surface area contributed by atoms with Crippen LogP contribution in [0.25, 0.3) is 32.8 Å². The normalized spacial score (nSPS) is 11.1. The molecule has 8 nitrogen and oxygen atoms in total. The Morgan fingerprint density at radius 2 is 1.00 bits per heavy atom. The van der Waals surface area contributed by atoms with Crippen LogP contribution in [0.4, 0.5) is 13.2 Å². The molecule has 2 heterocycles. The Kier molecular flexibility index (Phi) is 4.13. The summed E-state index contributed by atoms with van der Waals surface area (Å²) in [5, 5.41) is 37.3. The van der Waals surface area contributed by atoms with Crippen molar-refractivity contribution in [2.45, 2.75) is 13.1 Å². The van der Waals surface area contributed by atoms with Gasteiger partial charge in [0.25, 0.3) is 0 Å². The smallest absolute Gasteiger partial charge is 0.232 e. The highest BCUT2D eigenvalue weighted by Crippen LogP contribution is 2.39. The van der Waals surface area contributed by atoms with Crippen LogP contribution >= 0.6 is 0 Å². The van der Waals surface area contributed by atoms with Gasteiger partial charge in [-0.25, -0.2) is 19.9 Å². The molecule has 0 aliphatic rings. The Morgan fingerprint density at radius 3 is 1.35 bits per heavy atom. The number of aromatic nitrogens is 4. The molecule has 2 aromatic heterocycles. The van der Waals surface area contributed by atoms with Crippen molar-refractivity contribution in [2.75, 3.05) is 0 Å². The van der Waals surface area contributed by atoms with E-state index in [4.69, 9.17) is 0 Å². The lowest BCUT2D eigenvalue weighted by Gasteiger charge is -2.14. The highest BCUT2D eigenvalue weighted by molar-refractivity contribution is 6.21. The molecular weight excluding hydrogens is 409 g/mol. The van der Waals surface area contributed by atoms with Gasteiger partial charge in [0.2, 0.25) is 0 Å². The molecule has 4 aromatic rings. The molecule has 4 rings (SSSR count). The van der Waals surface area contributed by atoms with Crippen LogP contribution in [0.15, 0.2) is 12.1 Å². The minimum atomic E-state index is -4.66. The highest BCUT2D eigenvalue weighted by atomic mass is 19.4. The van der Waals surface area contributed by atoms with Gasteiger partial charge in [0.05, 0.1) is 5.56 Å². The summed E-state index contributed by atoms with van der Waals surface area (Å²) in [5.41, 5.74) is -2.59. The van der Waals surface area contributed by atoms with E-state index in [0.717, 1.165) is 6.07 Å². The Labute approximate surface area is 171 Å². The summed E-state index contributed by atoms with van der Waals surface area (Å²) in [7, 11) is 0. The third kappa shape index (κ3) is 2.81. The van der Waals surface area contributed by atoms with Gasteiger partial charge in [-0.1, -0.05) is 0 Å². The molecule has 0 unspecified atom stereocenters. The number of aryl methyl sites for hydroxylation is 1. The van der Waals surface area contributed by atoms with Gasteiger partial charge in [0.15, 0.2) is 22.8 Å². The Morgan fingerprint density at radius 1 is 0.645 bits per heavy atom. The Hall–Kier alpha value is -4.87. The summed E-state index contributed by atoms with van der Waals surface area (Å²) in [6.45, 7) is 1.27. The summed E-state index contributed by atoms with van der Waals surface area (Å²) >= 11 is 0. The van der Waals surface area contributed by atoms with Gasteiger partial charge >= 0.3 is 6.18 Å². The Bertz CT molecular complexity index is 1630. The molecule has 0 atom stereocenters. The second-order valence-corrected chi connectivity index (χ2v) is 6.39. The largest absolute Gasteiger partial charge is 0.416 e. The van der Waals surface area contributed by atoms with Crippen molar-refractivity contribution in [3.8, 4) is 24.3 Å². The van der Waals surface area contributed by atoms with Crippen LogP contribution < -0.4 is 0 Å². The van der Waals surface area contributed by atoms with Crippen LogP contribution in [0, 0.1) is 52.2 Å². The zero-order chi connectivity index (χ0) is 22.5. The second-order valence-electron chi connectivity index (χ2n) is 6.39. The predicted octanol–water partition coefficient (Wildman–Crippen LogP) is 3.54. The summed E-state index contributed by atoms with van der Waals surface area (Å²) < 4.78 is 40.6. The first-order chi connectivity index (χ1) is 14.7. The van der Waals surface area contributed by atoms with E-state index in [0.29, 0.717) is 0 Å². The summed E-state index contributed by atoms with van der Waals surface area (Å²) in [6.07, 6.45) is -4.66. The van der Waals surface area contributed by atoms with Gasteiger partial charge < -0.3 is 0 Å². The number of hydrogen-bond donors (Lipinski definition) is 0. The van der Waals surface area contributed by atoms with E-state index < -0.39 is 11.7 Å². The molecule has 0 aliphatic heterocycles. The summed E-state index contributed by atoms with van der Waals surface area (Å²) in [6, 6.07) is 8.96. The summed E-state index contributed by atoms with van der Waals surface area (Å²) in [5.74, 6) is 0. The van der Waals surface area contributed by atoms with Gasteiger partial charge in [-0.3, -0.25) is 0 Å². The van der Waals surface area contributed by atoms with Gasteiger partial charge in [-0.05, 0) is 24.6 Å². The number of nitriles is 4. The Balaban J connectivity index is 2.38. The van der Waals surface area contributed by atoms with Crippen molar-refractivity contribution >= 4 is 32.8 Å². The molecule has 2 aromatic carbocycles. The average Bonchev–Trinajstić information content (AvgIpc) is 2.76. The SMILES string of the molecule is Cc1cc2c(cc1C(F)(F)F)c1nc(C#N)c(C#N)nc1c1nc(C#N)c(C#N)nc21. The quantitative estimate of drug-likeness (QED) is 0.397. The molecular formula is C20H5F3N8. The standard InChI is InChI=1S/C20H5F3N8/c1-8-2-9-10(3-11(8)20(21,22)23)17-19(31-15(7-27)13(5-25)29-17)18-16(9)28-12(4-24)14(6-26)30-18/h2-3H,1H3. The van der Waals surface area contributed by atoms with E-state index in [1.165, 1.54) is 13.0 Å². The van der Waals surface area contributed by atoms with Crippen LogP contribution in [0.3, 0.4) is 0 Å². The molecule has 0 amide bonds. The van der Waals surface area contributed by atoms with E-state index >= 15 is 0 Å². The molecule has 0 radical (unpaired) electrons. The van der Waals surface area contributed by atoms with E-state index in [9.17, 15) is 34.2 Å². The van der Waals surface area contributed by atoms with Crippen LogP contribution in [0.2, 0.25) is 0 Å². The maximum absolute atomic E-state index is 13.5. The number of rotatable bonds is 0. The van der Waals surface area contributed by atoms with Gasteiger partial charge in [-0.15, -0.1) is 0 Å². The second kappa shape index (κ2) is 6.59. The van der Waals surface area contributed by atoms with Crippen molar-refractivity contribution in [1.82, 2.24) is 19.9 Å². The van der Waals surface area contributed by atoms with Crippen LogP contribution in [-0.2, 0) is 6.18 Å². The first-order valence-corrected chi connectivity index (χ1v) is 8.40. The third-order valence-corrected chi connectivity index (χ3v) is 4.62. The van der Waals surface area contributed by atoms with Gasteiger partial charge in [-0.2, -0.15) is 34.2 Å². The predicted molar refractivity (Wildman–Crippen MR) is 98.7 cm³/mol. The summed E-state index contributed by atoms with van der Waals surface area (Å²) in [4.78, 5) is 16.4.